The van der Waals surface area contributed by atoms with Gasteiger partial charge in [0.2, 0.25) is 0 Å². The van der Waals surface area contributed by atoms with Gasteiger partial charge in [-0.2, -0.15) is 10.2 Å². The van der Waals surface area contributed by atoms with Crippen LogP contribution in [0.15, 0.2) is 61.3 Å². The fourth-order valence-electron chi connectivity index (χ4n) is 3.38. The van der Waals surface area contributed by atoms with Crippen molar-refractivity contribution in [2.24, 2.45) is 0 Å². The lowest BCUT2D eigenvalue weighted by molar-refractivity contribution is -0.384. The number of halogens is 1. The third-order valence-corrected chi connectivity index (χ3v) is 5.03. The van der Waals surface area contributed by atoms with Crippen molar-refractivity contribution in [3.63, 3.8) is 0 Å². The number of nitro groups is 1. The van der Waals surface area contributed by atoms with E-state index in [1.807, 2.05) is 6.92 Å². The molecule has 0 aliphatic rings. The van der Waals surface area contributed by atoms with Gasteiger partial charge in [-0.1, -0.05) is 0 Å². The Hall–Kier alpha value is -4.41. The maximum atomic E-state index is 13.2. The van der Waals surface area contributed by atoms with Gasteiger partial charge in [-0.15, -0.1) is 0 Å². The third-order valence-electron chi connectivity index (χ3n) is 5.03. The molecule has 1 atom stereocenters. The molecule has 2 aromatic heterocycles. The molecule has 0 spiro atoms. The van der Waals surface area contributed by atoms with Crippen LogP contribution in [0.5, 0.6) is 0 Å². The van der Waals surface area contributed by atoms with E-state index in [4.69, 9.17) is 0 Å². The Kier molecular flexibility index (Phi) is 5.46. The molecular weight excluding hydrogens is 417 g/mol. The van der Waals surface area contributed by atoms with Gasteiger partial charge in [0.15, 0.2) is 0 Å². The van der Waals surface area contributed by atoms with Crippen LogP contribution in [0.4, 0.5) is 10.1 Å². The standard InChI is InChI=1S/C21H18FN7O3/c1-13(18-10-24-28(14(18)2)17-6-4-16(22)5-7-17)26-21(30)15-3-8-19(20(9-15)29(31)32)27-12-23-11-25-27/h3-13H,1-2H3,(H,26,30)/t13-/m1/s1. The summed E-state index contributed by atoms with van der Waals surface area (Å²) in [6.07, 6.45) is 4.23. The van der Waals surface area contributed by atoms with Gasteiger partial charge in [0.1, 0.15) is 24.2 Å². The number of nitro benzene ring substituents is 1. The Labute approximate surface area is 181 Å². The van der Waals surface area contributed by atoms with E-state index in [1.165, 1.54) is 47.7 Å². The Bertz CT molecular complexity index is 1280. The third kappa shape index (κ3) is 3.95. The van der Waals surface area contributed by atoms with E-state index >= 15 is 0 Å². The maximum Gasteiger partial charge on any atom is 0.295 e. The summed E-state index contributed by atoms with van der Waals surface area (Å²) in [6, 6.07) is 9.62. The number of amides is 1. The van der Waals surface area contributed by atoms with Crippen LogP contribution in [0.3, 0.4) is 0 Å². The lowest BCUT2D eigenvalue weighted by Crippen LogP contribution is -2.27. The molecule has 4 aromatic rings. The average molecular weight is 435 g/mol. The monoisotopic (exact) mass is 435 g/mol. The van der Waals surface area contributed by atoms with Gasteiger partial charge in [0.25, 0.3) is 11.6 Å². The first-order valence-electron chi connectivity index (χ1n) is 9.60. The molecule has 0 radical (unpaired) electrons. The van der Waals surface area contributed by atoms with Crippen molar-refractivity contribution >= 4 is 11.6 Å². The number of nitrogens with one attached hydrogen (secondary N) is 1. The lowest BCUT2D eigenvalue weighted by atomic mass is 10.1. The molecule has 0 fully saturated rings. The molecule has 32 heavy (non-hydrogen) atoms. The second-order valence-electron chi connectivity index (χ2n) is 7.07. The molecule has 0 bridgehead atoms. The molecule has 10 nitrogen and oxygen atoms in total. The minimum absolute atomic E-state index is 0.135. The SMILES string of the molecule is Cc1c([C@@H](C)NC(=O)c2ccc(-n3cncn3)c([N+](=O)[O-])c2)cnn1-c1ccc(F)cc1. The van der Waals surface area contributed by atoms with Crippen molar-refractivity contribution in [1.82, 2.24) is 29.9 Å². The minimum Gasteiger partial charge on any atom is -0.345 e. The van der Waals surface area contributed by atoms with Crippen LogP contribution in [-0.4, -0.2) is 35.4 Å². The molecule has 0 saturated heterocycles. The lowest BCUT2D eigenvalue weighted by Gasteiger charge is -2.14. The number of benzene rings is 2. The molecule has 2 aromatic carbocycles. The van der Waals surface area contributed by atoms with E-state index in [-0.39, 0.29) is 22.8 Å². The molecule has 2 heterocycles. The fraction of sp³-hybridized carbons (Fsp3) is 0.143. The molecule has 162 valence electrons. The zero-order valence-electron chi connectivity index (χ0n) is 17.1. The normalized spacial score (nSPS) is 11.8. The second kappa shape index (κ2) is 8.38. The summed E-state index contributed by atoms with van der Waals surface area (Å²) in [5, 5.41) is 22.6. The molecule has 4 rings (SSSR count). The summed E-state index contributed by atoms with van der Waals surface area (Å²) >= 11 is 0. The van der Waals surface area contributed by atoms with Gasteiger partial charge in [-0.3, -0.25) is 14.9 Å². The van der Waals surface area contributed by atoms with Crippen molar-refractivity contribution in [3.05, 3.63) is 94.1 Å². The molecule has 0 aliphatic heterocycles. The summed E-state index contributed by atoms with van der Waals surface area (Å²) < 4.78 is 16.1. The minimum atomic E-state index is -0.575. The number of rotatable bonds is 6. The zero-order valence-corrected chi connectivity index (χ0v) is 17.1. The van der Waals surface area contributed by atoms with Crippen molar-refractivity contribution in [2.75, 3.05) is 0 Å². The van der Waals surface area contributed by atoms with Gasteiger partial charge >= 0.3 is 0 Å². The summed E-state index contributed by atoms with van der Waals surface area (Å²) in [7, 11) is 0. The van der Waals surface area contributed by atoms with E-state index in [0.29, 0.717) is 5.69 Å². The molecule has 0 unspecified atom stereocenters. The van der Waals surface area contributed by atoms with Gasteiger partial charge in [-0.25, -0.2) is 18.7 Å². The number of carbonyl (C=O) groups is 1. The Balaban J connectivity index is 1.56. The highest BCUT2D eigenvalue weighted by Crippen LogP contribution is 2.25. The second-order valence-corrected chi connectivity index (χ2v) is 7.07. The van der Waals surface area contributed by atoms with Gasteiger partial charge in [0.05, 0.1) is 22.8 Å². The highest BCUT2D eigenvalue weighted by atomic mass is 19.1. The number of hydrogen-bond acceptors (Lipinski definition) is 6. The van der Waals surface area contributed by atoms with E-state index in [0.717, 1.165) is 11.3 Å². The number of aromatic nitrogens is 5. The largest absolute Gasteiger partial charge is 0.345 e. The molecule has 0 aliphatic carbocycles. The topological polar surface area (TPSA) is 121 Å². The predicted octanol–water partition coefficient (Wildman–Crippen LogP) is 3.30. The summed E-state index contributed by atoms with van der Waals surface area (Å²) in [5.74, 6) is -0.817. The highest BCUT2D eigenvalue weighted by Gasteiger charge is 2.22. The van der Waals surface area contributed by atoms with E-state index in [9.17, 15) is 19.3 Å². The summed E-state index contributed by atoms with van der Waals surface area (Å²) in [6.45, 7) is 3.63. The average Bonchev–Trinajstić information content (AvgIpc) is 3.44. The first-order valence-corrected chi connectivity index (χ1v) is 9.60. The van der Waals surface area contributed by atoms with Gasteiger partial charge < -0.3 is 5.32 Å². The first-order chi connectivity index (χ1) is 15.3. The van der Waals surface area contributed by atoms with Gasteiger partial charge in [-0.05, 0) is 50.2 Å². The summed E-state index contributed by atoms with van der Waals surface area (Å²) in [5.41, 5.74) is 2.29. The fourth-order valence-corrected chi connectivity index (χ4v) is 3.38. The molecule has 1 N–H and O–H groups in total. The first kappa shape index (κ1) is 20.8. The van der Waals surface area contributed by atoms with Gasteiger partial charge in [0, 0.05) is 22.9 Å². The van der Waals surface area contributed by atoms with Crippen molar-refractivity contribution in [3.8, 4) is 11.4 Å². The quantitative estimate of drug-likeness (QED) is 0.366. The van der Waals surface area contributed by atoms with E-state index in [1.54, 1.807) is 29.9 Å². The zero-order chi connectivity index (χ0) is 22.8. The van der Waals surface area contributed by atoms with Crippen molar-refractivity contribution in [1.29, 1.82) is 0 Å². The van der Waals surface area contributed by atoms with Crippen LogP contribution >= 0.6 is 0 Å². The van der Waals surface area contributed by atoms with Crippen molar-refractivity contribution < 1.29 is 14.1 Å². The predicted molar refractivity (Wildman–Crippen MR) is 112 cm³/mol. The van der Waals surface area contributed by atoms with Crippen LogP contribution in [0.1, 0.15) is 34.6 Å². The maximum absolute atomic E-state index is 13.2. The Morgan fingerprint density at radius 2 is 1.94 bits per heavy atom. The Morgan fingerprint density at radius 3 is 2.59 bits per heavy atom. The smallest absolute Gasteiger partial charge is 0.295 e. The highest BCUT2D eigenvalue weighted by molar-refractivity contribution is 5.95. The van der Waals surface area contributed by atoms with E-state index < -0.39 is 16.9 Å². The van der Waals surface area contributed by atoms with Crippen LogP contribution in [-0.2, 0) is 0 Å². The number of hydrogen-bond donors (Lipinski definition) is 1. The van der Waals surface area contributed by atoms with E-state index in [2.05, 4.69) is 20.5 Å². The molecule has 1 amide bonds. The molecule has 11 heteroatoms. The number of carbonyl (C=O) groups excluding carboxylic acids is 1. The molecule has 0 saturated carbocycles. The van der Waals surface area contributed by atoms with Crippen LogP contribution in [0.2, 0.25) is 0 Å². The van der Waals surface area contributed by atoms with Crippen LogP contribution in [0, 0.1) is 22.9 Å². The van der Waals surface area contributed by atoms with Crippen LogP contribution in [0.25, 0.3) is 11.4 Å². The number of nitrogens with zero attached hydrogens (tertiary/aromatic N) is 6. The Morgan fingerprint density at radius 1 is 1.19 bits per heavy atom. The van der Waals surface area contributed by atoms with Crippen molar-refractivity contribution in [2.45, 2.75) is 19.9 Å². The van der Waals surface area contributed by atoms with Crippen LogP contribution < -0.4 is 5.32 Å². The molecular formula is C21H18FN7O3. The summed E-state index contributed by atoms with van der Waals surface area (Å²) in [4.78, 5) is 27.5.